The van der Waals surface area contributed by atoms with Crippen LogP contribution in [0.3, 0.4) is 0 Å². The first-order chi connectivity index (χ1) is 18.4. The van der Waals surface area contributed by atoms with Gasteiger partial charge in [-0.2, -0.15) is 0 Å². The lowest BCUT2D eigenvalue weighted by atomic mass is 9.76. The highest BCUT2D eigenvalue weighted by Gasteiger charge is 2.39. The Hall–Kier alpha value is -3.37. The summed E-state index contributed by atoms with van der Waals surface area (Å²) in [5.74, 6) is -1.61. The van der Waals surface area contributed by atoms with Crippen molar-refractivity contribution in [3.63, 3.8) is 0 Å². The SMILES string of the molecule is CCCCCC(NC(=O)C1CCCN1C(=O)C(Cc1ccccc1)NC(=O)OCc1ccccc1)B(O)O. The second-order valence-electron chi connectivity index (χ2n) is 9.66. The number of alkyl carbamates (subject to hydrolysis) is 1. The third kappa shape index (κ3) is 8.88. The zero-order chi connectivity index (χ0) is 27.3. The summed E-state index contributed by atoms with van der Waals surface area (Å²) in [6.45, 7) is 2.48. The van der Waals surface area contributed by atoms with Crippen LogP contribution in [0.2, 0.25) is 0 Å². The molecule has 10 heteroatoms. The molecule has 38 heavy (non-hydrogen) atoms. The molecule has 0 saturated carbocycles. The van der Waals surface area contributed by atoms with Crippen LogP contribution in [0.1, 0.15) is 56.6 Å². The minimum Gasteiger partial charge on any atom is -0.445 e. The fourth-order valence-corrected chi connectivity index (χ4v) is 4.65. The monoisotopic (exact) mass is 523 g/mol. The molecule has 3 unspecified atom stereocenters. The molecular weight excluding hydrogens is 485 g/mol. The van der Waals surface area contributed by atoms with Gasteiger partial charge in [-0.15, -0.1) is 0 Å². The minimum atomic E-state index is -1.69. The average Bonchev–Trinajstić information content (AvgIpc) is 3.42. The summed E-state index contributed by atoms with van der Waals surface area (Å²) in [6, 6.07) is 16.9. The number of hydrogen-bond acceptors (Lipinski definition) is 6. The summed E-state index contributed by atoms with van der Waals surface area (Å²) >= 11 is 0. The molecule has 3 amide bonds. The highest BCUT2D eigenvalue weighted by Crippen LogP contribution is 2.20. The Morgan fingerprint density at radius 3 is 2.29 bits per heavy atom. The van der Waals surface area contributed by atoms with Gasteiger partial charge in [-0.3, -0.25) is 9.59 Å². The van der Waals surface area contributed by atoms with Crippen LogP contribution >= 0.6 is 0 Å². The van der Waals surface area contributed by atoms with Crippen molar-refractivity contribution in [2.24, 2.45) is 0 Å². The number of likely N-dealkylation sites (tertiary alicyclic amines) is 1. The first-order valence-corrected chi connectivity index (χ1v) is 13.4. The molecule has 1 aliphatic heterocycles. The highest BCUT2D eigenvalue weighted by atomic mass is 16.5. The normalized spacial score (nSPS) is 16.4. The molecule has 1 saturated heterocycles. The molecule has 0 spiro atoms. The lowest BCUT2D eigenvalue weighted by molar-refractivity contribution is -0.140. The zero-order valence-electron chi connectivity index (χ0n) is 21.9. The largest absolute Gasteiger partial charge is 0.475 e. The number of amides is 3. The van der Waals surface area contributed by atoms with E-state index in [-0.39, 0.29) is 18.9 Å². The average molecular weight is 523 g/mol. The van der Waals surface area contributed by atoms with Crippen LogP contribution in [-0.4, -0.2) is 64.5 Å². The van der Waals surface area contributed by atoms with E-state index in [9.17, 15) is 24.4 Å². The maximum atomic E-state index is 13.7. The predicted molar refractivity (Wildman–Crippen MR) is 145 cm³/mol. The Morgan fingerprint density at radius 1 is 1.00 bits per heavy atom. The van der Waals surface area contributed by atoms with E-state index >= 15 is 0 Å². The van der Waals surface area contributed by atoms with Crippen LogP contribution in [0.5, 0.6) is 0 Å². The van der Waals surface area contributed by atoms with E-state index in [0.717, 1.165) is 30.4 Å². The van der Waals surface area contributed by atoms with Crippen molar-refractivity contribution in [2.45, 2.75) is 76.5 Å². The molecule has 4 N–H and O–H groups in total. The van der Waals surface area contributed by atoms with Gasteiger partial charge in [0.25, 0.3) is 0 Å². The summed E-state index contributed by atoms with van der Waals surface area (Å²) in [6.07, 6.45) is 3.67. The molecule has 0 radical (unpaired) electrons. The predicted octanol–water partition coefficient (Wildman–Crippen LogP) is 2.59. The van der Waals surface area contributed by atoms with Crippen LogP contribution in [0.4, 0.5) is 4.79 Å². The molecule has 0 aliphatic carbocycles. The van der Waals surface area contributed by atoms with Crippen LogP contribution < -0.4 is 10.6 Å². The Morgan fingerprint density at radius 2 is 1.66 bits per heavy atom. The van der Waals surface area contributed by atoms with Gasteiger partial charge in [0.15, 0.2) is 0 Å². The van der Waals surface area contributed by atoms with Gasteiger partial charge in [0, 0.05) is 13.0 Å². The van der Waals surface area contributed by atoms with Crippen LogP contribution in [0.25, 0.3) is 0 Å². The maximum Gasteiger partial charge on any atom is 0.475 e. The van der Waals surface area contributed by atoms with Gasteiger partial charge in [-0.05, 0) is 30.4 Å². The number of carbonyl (C=O) groups excluding carboxylic acids is 3. The number of carbonyl (C=O) groups is 3. The van der Waals surface area contributed by atoms with Gasteiger partial charge in [0.1, 0.15) is 18.7 Å². The second kappa shape index (κ2) is 15.1. The van der Waals surface area contributed by atoms with E-state index in [1.807, 2.05) is 67.6 Å². The Kier molecular flexibility index (Phi) is 11.6. The molecule has 3 atom stereocenters. The fourth-order valence-electron chi connectivity index (χ4n) is 4.65. The van der Waals surface area contributed by atoms with Gasteiger partial charge in [-0.1, -0.05) is 86.8 Å². The summed E-state index contributed by atoms with van der Waals surface area (Å²) in [4.78, 5) is 41.0. The van der Waals surface area contributed by atoms with Crippen molar-refractivity contribution in [3.05, 3.63) is 71.8 Å². The van der Waals surface area contributed by atoms with Gasteiger partial charge in [0.05, 0.1) is 5.94 Å². The fraction of sp³-hybridized carbons (Fsp3) is 0.464. The van der Waals surface area contributed by atoms with E-state index in [0.29, 0.717) is 25.8 Å². The molecule has 1 aliphatic rings. The molecule has 204 valence electrons. The molecular formula is C28H38BN3O6. The van der Waals surface area contributed by atoms with Crippen molar-refractivity contribution in [1.29, 1.82) is 0 Å². The van der Waals surface area contributed by atoms with E-state index < -0.39 is 37.1 Å². The van der Waals surface area contributed by atoms with Gasteiger partial charge < -0.3 is 30.3 Å². The molecule has 3 rings (SSSR count). The van der Waals surface area contributed by atoms with Crippen LogP contribution in [-0.2, 0) is 27.4 Å². The first kappa shape index (κ1) is 29.2. The number of rotatable bonds is 13. The van der Waals surface area contributed by atoms with E-state index in [1.54, 1.807) is 0 Å². The summed E-state index contributed by atoms with van der Waals surface area (Å²) in [7, 11) is -1.69. The maximum absolute atomic E-state index is 13.7. The quantitative estimate of drug-likeness (QED) is 0.236. The standard InChI is InChI=1S/C28H38BN3O6/c1-2-3-6-17-25(29(36)37)31-26(33)24-16-11-18-32(24)27(34)23(19-21-12-7-4-8-13-21)30-28(35)38-20-22-14-9-5-10-15-22/h4-5,7-10,12-15,23-25,36-37H,2-3,6,11,16-20H2,1H3,(H,30,35)(H,31,33). The van der Waals surface area contributed by atoms with Crippen molar-refractivity contribution in [1.82, 2.24) is 15.5 Å². The number of nitrogens with zero attached hydrogens (tertiary/aromatic N) is 1. The Balaban J connectivity index is 1.69. The van der Waals surface area contributed by atoms with Crippen molar-refractivity contribution < 1.29 is 29.2 Å². The number of benzene rings is 2. The molecule has 0 aromatic heterocycles. The van der Waals surface area contributed by atoms with E-state index in [4.69, 9.17) is 4.74 Å². The molecule has 0 bridgehead atoms. The summed E-state index contributed by atoms with van der Waals surface area (Å²) in [5.41, 5.74) is 1.68. The molecule has 9 nitrogen and oxygen atoms in total. The topological polar surface area (TPSA) is 128 Å². The smallest absolute Gasteiger partial charge is 0.445 e. The third-order valence-electron chi connectivity index (χ3n) is 6.73. The Labute approximate surface area is 224 Å². The summed E-state index contributed by atoms with van der Waals surface area (Å²) in [5, 5.41) is 24.9. The number of ether oxygens (including phenoxy) is 1. The van der Waals surface area contributed by atoms with Gasteiger partial charge in [0.2, 0.25) is 11.8 Å². The van der Waals surface area contributed by atoms with Crippen molar-refractivity contribution in [2.75, 3.05) is 6.54 Å². The number of nitrogens with one attached hydrogen (secondary N) is 2. The van der Waals surface area contributed by atoms with Crippen molar-refractivity contribution >= 4 is 25.0 Å². The second-order valence-corrected chi connectivity index (χ2v) is 9.66. The Bertz CT molecular complexity index is 1020. The first-order valence-electron chi connectivity index (χ1n) is 13.4. The van der Waals surface area contributed by atoms with Crippen LogP contribution in [0.15, 0.2) is 60.7 Å². The van der Waals surface area contributed by atoms with Gasteiger partial charge >= 0.3 is 13.2 Å². The molecule has 2 aromatic rings. The van der Waals surface area contributed by atoms with Crippen molar-refractivity contribution in [3.8, 4) is 0 Å². The van der Waals surface area contributed by atoms with Gasteiger partial charge in [-0.25, -0.2) is 4.79 Å². The van der Waals surface area contributed by atoms with E-state index in [2.05, 4.69) is 10.6 Å². The number of unbranched alkanes of at least 4 members (excludes halogenated alkanes) is 2. The molecule has 1 heterocycles. The lowest BCUT2D eigenvalue weighted by Crippen LogP contribution is -2.56. The molecule has 2 aromatic carbocycles. The lowest BCUT2D eigenvalue weighted by Gasteiger charge is -2.30. The molecule has 1 fully saturated rings. The zero-order valence-corrected chi connectivity index (χ0v) is 21.9. The summed E-state index contributed by atoms with van der Waals surface area (Å²) < 4.78 is 5.35. The highest BCUT2D eigenvalue weighted by molar-refractivity contribution is 6.43. The number of hydrogen-bond donors (Lipinski definition) is 4. The van der Waals surface area contributed by atoms with E-state index in [1.165, 1.54) is 4.90 Å². The van der Waals surface area contributed by atoms with Crippen LogP contribution in [0, 0.1) is 0 Å². The minimum absolute atomic E-state index is 0.0660. The third-order valence-corrected chi connectivity index (χ3v) is 6.73.